The van der Waals surface area contributed by atoms with Crippen LogP contribution >= 0.6 is 0 Å². The van der Waals surface area contributed by atoms with Crippen LogP contribution in [0, 0.1) is 35.5 Å². The predicted molar refractivity (Wildman–Crippen MR) is 93.5 cm³/mol. The fourth-order valence-corrected chi connectivity index (χ4v) is 1.99. The molecule has 0 fully saturated rings. The number of hydrogen-bond acceptors (Lipinski definition) is 2. The molecule has 1 heterocycles. The Labute approximate surface area is 141 Å². The highest BCUT2D eigenvalue weighted by Gasteiger charge is 1.98. The minimum atomic E-state index is 0.594. The Hall–Kier alpha value is -3.74. The van der Waals surface area contributed by atoms with Crippen LogP contribution in [0.1, 0.15) is 16.8 Å². The molecule has 0 saturated heterocycles. The lowest BCUT2D eigenvalue weighted by molar-refractivity contribution is 0.649. The van der Waals surface area contributed by atoms with E-state index in [2.05, 4.69) is 45.8 Å². The molecule has 24 heavy (non-hydrogen) atoms. The SMILES string of the molecule is C(#CC#Cc1cn(Cc2ccccc2)nn1)C#Cc1ccccc1. The molecule has 3 heteroatoms. The molecule has 0 bridgehead atoms. The first-order valence-corrected chi connectivity index (χ1v) is 7.41. The summed E-state index contributed by atoms with van der Waals surface area (Å²) in [6.07, 6.45) is 1.80. The van der Waals surface area contributed by atoms with E-state index < -0.39 is 0 Å². The van der Waals surface area contributed by atoms with Crippen LogP contribution in [0.15, 0.2) is 66.9 Å². The summed E-state index contributed by atoms with van der Waals surface area (Å²) in [7, 11) is 0. The Kier molecular flexibility index (Phi) is 5.08. The Balaban J connectivity index is 1.60. The first kappa shape index (κ1) is 15.2. The van der Waals surface area contributed by atoms with Crippen LogP contribution in [-0.4, -0.2) is 15.0 Å². The zero-order valence-electron chi connectivity index (χ0n) is 12.9. The lowest BCUT2D eigenvalue weighted by atomic mass is 10.2. The summed E-state index contributed by atoms with van der Waals surface area (Å²) in [5.41, 5.74) is 2.69. The van der Waals surface area contributed by atoms with Crippen molar-refractivity contribution in [3.8, 4) is 35.5 Å². The zero-order chi connectivity index (χ0) is 16.5. The molecule has 3 nitrogen and oxygen atoms in total. The highest BCUT2D eigenvalue weighted by atomic mass is 15.4. The van der Waals surface area contributed by atoms with Gasteiger partial charge in [0.2, 0.25) is 0 Å². The molecule has 1 aromatic heterocycles. The van der Waals surface area contributed by atoms with E-state index in [4.69, 9.17) is 0 Å². The second-order valence-electron chi connectivity index (χ2n) is 4.90. The third-order valence-electron chi connectivity index (χ3n) is 3.08. The summed E-state index contributed by atoms with van der Waals surface area (Å²) in [6.45, 7) is 0.670. The normalized spacial score (nSPS) is 8.83. The molecule has 2 aromatic carbocycles. The second kappa shape index (κ2) is 8.04. The zero-order valence-corrected chi connectivity index (χ0v) is 12.9. The quantitative estimate of drug-likeness (QED) is 0.682. The van der Waals surface area contributed by atoms with Crippen LogP contribution in [0.4, 0.5) is 0 Å². The molecule has 3 aromatic rings. The number of rotatable bonds is 2. The Bertz CT molecular complexity index is 983. The molecule has 0 N–H and O–H groups in total. The van der Waals surface area contributed by atoms with Gasteiger partial charge in [-0.25, -0.2) is 4.68 Å². The van der Waals surface area contributed by atoms with E-state index in [0.29, 0.717) is 12.2 Å². The topological polar surface area (TPSA) is 30.7 Å². The van der Waals surface area contributed by atoms with Gasteiger partial charge in [-0.3, -0.25) is 0 Å². The molecule has 0 unspecified atom stereocenters. The van der Waals surface area contributed by atoms with Crippen molar-refractivity contribution in [2.75, 3.05) is 0 Å². The van der Waals surface area contributed by atoms with E-state index in [1.807, 2.05) is 60.7 Å². The van der Waals surface area contributed by atoms with Gasteiger partial charge >= 0.3 is 0 Å². The first-order chi connectivity index (χ1) is 11.9. The van der Waals surface area contributed by atoms with Crippen molar-refractivity contribution in [1.82, 2.24) is 15.0 Å². The molecule has 0 atom stereocenters. The first-order valence-electron chi connectivity index (χ1n) is 7.41. The van der Waals surface area contributed by atoms with Crippen LogP contribution in [-0.2, 0) is 6.54 Å². The van der Waals surface area contributed by atoms with Gasteiger partial charge < -0.3 is 0 Å². The molecule has 0 aliphatic heterocycles. The third kappa shape index (κ3) is 4.63. The average Bonchev–Trinajstić information content (AvgIpc) is 3.07. The van der Waals surface area contributed by atoms with Crippen molar-refractivity contribution in [3.05, 3.63) is 83.7 Å². The van der Waals surface area contributed by atoms with Crippen molar-refractivity contribution in [3.63, 3.8) is 0 Å². The molecule has 0 aliphatic rings. The van der Waals surface area contributed by atoms with Gasteiger partial charge in [0.05, 0.1) is 12.7 Å². The van der Waals surface area contributed by atoms with E-state index in [0.717, 1.165) is 11.1 Å². The predicted octanol–water partition coefficient (Wildman–Crippen LogP) is 2.73. The number of hydrogen-bond donors (Lipinski definition) is 0. The fourth-order valence-electron chi connectivity index (χ4n) is 1.99. The second-order valence-corrected chi connectivity index (χ2v) is 4.90. The van der Waals surface area contributed by atoms with Gasteiger partial charge in [-0.1, -0.05) is 59.7 Å². The van der Waals surface area contributed by atoms with E-state index in [9.17, 15) is 0 Å². The molecule has 3 rings (SSSR count). The molecule has 0 aliphatic carbocycles. The van der Waals surface area contributed by atoms with Crippen molar-refractivity contribution in [2.24, 2.45) is 0 Å². The third-order valence-corrected chi connectivity index (χ3v) is 3.08. The van der Waals surface area contributed by atoms with Crippen LogP contribution in [0.2, 0.25) is 0 Å². The highest BCUT2D eigenvalue weighted by molar-refractivity contribution is 5.43. The van der Waals surface area contributed by atoms with Gasteiger partial charge in [-0.15, -0.1) is 5.10 Å². The monoisotopic (exact) mass is 307 g/mol. The summed E-state index contributed by atoms with van der Waals surface area (Å²) in [5.74, 6) is 16.7. The average molecular weight is 307 g/mol. The molecule has 0 spiro atoms. The van der Waals surface area contributed by atoms with Gasteiger partial charge in [0.1, 0.15) is 0 Å². The van der Waals surface area contributed by atoms with Crippen LogP contribution in [0.5, 0.6) is 0 Å². The van der Waals surface area contributed by atoms with E-state index in [1.165, 1.54) is 0 Å². The summed E-state index contributed by atoms with van der Waals surface area (Å²) >= 11 is 0. The number of benzene rings is 2. The van der Waals surface area contributed by atoms with Gasteiger partial charge in [0.15, 0.2) is 5.69 Å². The molecular formula is C21H13N3. The summed E-state index contributed by atoms with van der Waals surface area (Å²) in [6, 6.07) is 19.8. The van der Waals surface area contributed by atoms with E-state index >= 15 is 0 Å². The maximum Gasteiger partial charge on any atom is 0.156 e. The minimum Gasteiger partial charge on any atom is -0.247 e. The van der Waals surface area contributed by atoms with E-state index in [1.54, 1.807) is 10.9 Å². The van der Waals surface area contributed by atoms with Crippen LogP contribution < -0.4 is 0 Å². The summed E-state index contributed by atoms with van der Waals surface area (Å²) < 4.78 is 1.75. The summed E-state index contributed by atoms with van der Waals surface area (Å²) in [5, 5.41) is 8.07. The minimum absolute atomic E-state index is 0.594. The number of aromatic nitrogens is 3. The van der Waals surface area contributed by atoms with Crippen molar-refractivity contribution >= 4 is 0 Å². The summed E-state index contributed by atoms with van der Waals surface area (Å²) in [4.78, 5) is 0. The Morgan fingerprint density at radius 3 is 2.17 bits per heavy atom. The smallest absolute Gasteiger partial charge is 0.156 e. The van der Waals surface area contributed by atoms with E-state index in [-0.39, 0.29) is 0 Å². The fraction of sp³-hybridized carbons (Fsp3) is 0.0476. The molecular weight excluding hydrogens is 294 g/mol. The number of nitrogens with zero attached hydrogens (tertiary/aromatic N) is 3. The van der Waals surface area contributed by atoms with Crippen molar-refractivity contribution in [1.29, 1.82) is 0 Å². The maximum atomic E-state index is 4.05. The lowest BCUT2D eigenvalue weighted by Gasteiger charge is -1.98. The van der Waals surface area contributed by atoms with Crippen molar-refractivity contribution < 1.29 is 0 Å². The van der Waals surface area contributed by atoms with Gasteiger partial charge in [-0.2, -0.15) is 0 Å². The van der Waals surface area contributed by atoms with Gasteiger partial charge in [-0.05, 0) is 47.3 Å². The largest absolute Gasteiger partial charge is 0.247 e. The molecule has 0 radical (unpaired) electrons. The molecule has 0 amide bonds. The maximum absolute atomic E-state index is 4.05. The highest BCUT2D eigenvalue weighted by Crippen LogP contribution is 2.01. The molecule has 0 saturated carbocycles. The molecule has 112 valence electrons. The van der Waals surface area contributed by atoms with Crippen LogP contribution in [0.25, 0.3) is 0 Å². The van der Waals surface area contributed by atoms with Gasteiger partial charge in [0.25, 0.3) is 0 Å². The Morgan fingerprint density at radius 1 is 0.750 bits per heavy atom. The van der Waals surface area contributed by atoms with Crippen LogP contribution in [0.3, 0.4) is 0 Å². The van der Waals surface area contributed by atoms with Crippen molar-refractivity contribution in [2.45, 2.75) is 6.54 Å². The standard InChI is InChI=1S/C21H13N3/c1(5-11-19-12-6-3-7-13-19)2-10-16-21-18-24(23-22-21)17-20-14-8-4-9-15-20/h3-4,6-9,12-15,18H,17H2. The van der Waals surface area contributed by atoms with Gasteiger partial charge in [0, 0.05) is 5.56 Å². The lowest BCUT2D eigenvalue weighted by Crippen LogP contribution is -1.99. The Morgan fingerprint density at radius 2 is 1.42 bits per heavy atom.